The van der Waals surface area contributed by atoms with E-state index in [1.54, 1.807) is 11.2 Å². The van der Waals surface area contributed by atoms with Gasteiger partial charge in [-0.3, -0.25) is 0 Å². The van der Waals surface area contributed by atoms with Crippen LogP contribution in [0.2, 0.25) is 0 Å². The fourth-order valence-corrected chi connectivity index (χ4v) is 3.92. The van der Waals surface area contributed by atoms with Crippen LogP contribution in [-0.2, 0) is 6.42 Å². The van der Waals surface area contributed by atoms with Crippen molar-refractivity contribution >= 4 is 6.03 Å². The fraction of sp³-hybridized carbons (Fsp3) is 0.737. The van der Waals surface area contributed by atoms with Gasteiger partial charge in [-0.25, -0.2) is 4.79 Å². The van der Waals surface area contributed by atoms with Crippen molar-refractivity contribution in [3.8, 4) is 0 Å². The maximum Gasteiger partial charge on any atom is 0.317 e. The molecular weight excluding hydrogens is 316 g/mol. The minimum Gasteiger partial charge on any atom is -0.469 e. The molecule has 6 nitrogen and oxygen atoms in total. The van der Waals surface area contributed by atoms with E-state index in [9.17, 15) is 4.79 Å². The zero-order chi connectivity index (χ0) is 17.8. The molecule has 1 saturated heterocycles. The summed E-state index contributed by atoms with van der Waals surface area (Å²) in [5, 5.41) is 3.17. The third-order valence-corrected chi connectivity index (χ3v) is 5.80. The van der Waals surface area contributed by atoms with Crippen molar-refractivity contribution in [2.45, 2.75) is 44.2 Å². The van der Waals surface area contributed by atoms with Crippen LogP contribution in [0.3, 0.4) is 0 Å². The Morgan fingerprint density at radius 3 is 2.80 bits per heavy atom. The van der Waals surface area contributed by atoms with E-state index in [-0.39, 0.29) is 12.1 Å². The molecule has 1 aliphatic heterocycles. The molecule has 140 valence electrons. The smallest absolute Gasteiger partial charge is 0.317 e. The van der Waals surface area contributed by atoms with Crippen molar-refractivity contribution in [1.82, 2.24) is 20.0 Å². The SMILES string of the molecule is CN1CCC(N(C)CCN(C)C(=O)NC2CCCc3occc32)CC1. The normalized spacial score (nSPS) is 22.0. The predicted molar refractivity (Wildman–Crippen MR) is 98.7 cm³/mol. The summed E-state index contributed by atoms with van der Waals surface area (Å²) in [6.45, 7) is 4.00. The van der Waals surface area contributed by atoms with E-state index >= 15 is 0 Å². The Morgan fingerprint density at radius 2 is 2.04 bits per heavy atom. The van der Waals surface area contributed by atoms with Crippen LogP contribution >= 0.6 is 0 Å². The molecule has 0 radical (unpaired) electrons. The molecule has 0 bridgehead atoms. The first-order chi connectivity index (χ1) is 12.0. The van der Waals surface area contributed by atoms with E-state index in [4.69, 9.17) is 4.42 Å². The standard InChI is InChI=1S/C19H32N4O2/c1-21-10-7-15(8-11-21)22(2)12-13-23(3)19(24)20-17-5-4-6-18-16(17)9-14-25-18/h9,14-15,17H,4-8,10-13H2,1-3H3,(H,20,24). The summed E-state index contributed by atoms with van der Waals surface area (Å²) in [5.74, 6) is 1.03. The summed E-state index contributed by atoms with van der Waals surface area (Å²) in [7, 11) is 6.25. The monoisotopic (exact) mass is 348 g/mol. The van der Waals surface area contributed by atoms with Gasteiger partial charge in [0.15, 0.2) is 0 Å². The lowest BCUT2D eigenvalue weighted by Gasteiger charge is -2.36. The van der Waals surface area contributed by atoms with Crippen LogP contribution in [0, 0.1) is 0 Å². The zero-order valence-electron chi connectivity index (χ0n) is 15.8. The van der Waals surface area contributed by atoms with Crippen LogP contribution in [0.4, 0.5) is 4.79 Å². The average Bonchev–Trinajstić information content (AvgIpc) is 3.09. The second-order valence-electron chi connectivity index (χ2n) is 7.63. The number of hydrogen-bond acceptors (Lipinski definition) is 4. The zero-order valence-corrected chi connectivity index (χ0v) is 15.8. The van der Waals surface area contributed by atoms with Gasteiger partial charge in [0, 0.05) is 38.2 Å². The number of amides is 2. The van der Waals surface area contributed by atoms with Crippen LogP contribution in [0.15, 0.2) is 16.7 Å². The molecule has 3 rings (SSSR count). The first-order valence-corrected chi connectivity index (χ1v) is 9.51. The third kappa shape index (κ3) is 4.55. The summed E-state index contributed by atoms with van der Waals surface area (Å²) in [6.07, 6.45) is 7.19. The molecule has 1 aromatic heterocycles. The highest BCUT2D eigenvalue weighted by molar-refractivity contribution is 5.74. The molecule has 1 N–H and O–H groups in total. The predicted octanol–water partition coefficient (Wildman–Crippen LogP) is 2.32. The van der Waals surface area contributed by atoms with Crippen LogP contribution in [0.25, 0.3) is 0 Å². The van der Waals surface area contributed by atoms with Crippen molar-refractivity contribution in [3.05, 3.63) is 23.7 Å². The van der Waals surface area contributed by atoms with E-state index < -0.39 is 0 Å². The molecule has 1 aliphatic carbocycles. The highest BCUT2D eigenvalue weighted by Crippen LogP contribution is 2.30. The molecule has 0 aromatic carbocycles. The lowest BCUT2D eigenvalue weighted by atomic mass is 9.93. The Balaban J connectivity index is 1.44. The van der Waals surface area contributed by atoms with Gasteiger partial charge in [0.1, 0.15) is 5.76 Å². The highest BCUT2D eigenvalue weighted by Gasteiger charge is 2.25. The molecule has 2 heterocycles. The van der Waals surface area contributed by atoms with Crippen molar-refractivity contribution in [1.29, 1.82) is 0 Å². The number of fused-ring (bicyclic) bond motifs is 1. The lowest BCUT2D eigenvalue weighted by molar-refractivity contribution is 0.134. The number of aryl methyl sites for hydroxylation is 1. The third-order valence-electron chi connectivity index (χ3n) is 5.80. The Morgan fingerprint density at radius 1 is 1.28 bits per heavy atom. The van der Waals surface area contributed by atoms with Crippen LogP contribution in [0.1, 0.15) is 43.0 Å². The fourth-order valence-electron chi connectivity index (χ4n) is 3.92. The first-order valence-electron chi connectivity index (χ1n) is 9.51. The average molecular weight is 348 g/mol. The maximum atomic E-state index is 12.5. The minimum atomic E-state index is 0.0100. The summed E-state index contributed by atoms with van der Waals surface area (Å²) in [6, 6.07) is 2.73. The number of nitrogens with one attached hydrogen (secondary N) is 1. The molecule has 1 fully saturated rings. The number of rotatable bonds is 5. The maximum absolute atomic E-state index is 12.5. The number of carbonyl (C=O) groups excluding carboxylic acids is 1. The minimum absolute atomic E-state index is 0.0100. The molecule has 2 aliphatic rings. The molecule has 1 unspecified atom stereocenters. The van der Waals surface area contributed by atoms with Gasteiger partial charge in [-0.05, 0) is 58.9 Å². The number of nitrogens with zero attached hydrogens (tertiary/aromatic N) is 3. The van der Waals surface area contributed by atoms with Crippen molar-refractivity contribution in [2.75, 3.05) is 47.3 Å². The number of carbonyl (C=O) groups is 1. The Hall–Kier alpha value is -1.53. The van der Waals surface area contributed by atoms with Gasteiger partial charge in [-0.1, -0.05) is 0 Å². The Labute approximate surface area is 151 Å². The quantitative estimate of drug-likeness (QED) is 0.887. The van der Waals surface area contributed by atoms with E-state index in [0.29, 0.717) is 6.04 Å². The summed E-state index contributed by atoms with van der Waals surface area (Å²) < 4.78 is 5.51. The van der Waals surface area contributed by atoms with E-state index in [1.807, 2.05) is 13.1 Å². The van der Waals surface area contributed by atoms with Gasteiger partial charge in [0.2, 0.25) is 0 Å². The van der Waals surface area contributed by atoms with E-state index in [2.05, 4.69) is 29.2 Å². The molecule has 0 saturated carbocycles. The summed E-state index contributed by atoms with van der Waals surface area (Å²) in [5.41, 5.74) is 1.15. The second kappa shape index (κ2) is 8.23. The van der Waals surface area contributed by atoms with Crippen molar-refractivity contribution in [2.24, 2.45) is 0 Å². The van der Waals surface area contributed by atoms with Gasteiger partial charge in [-0.2, -0.15) is 0 Å². The van der Waals surface area contributed by atoms with Crippen LogP contribution < -0.4 is 5.32 Å². The summed E-state index contributed by atoms with van der Waals surface area (Å²) >= 11 is 0. The van der Waals surface area contributed by atoms with Crippen LogP contribution in [-0.4, -0.2) is 74.1 Å². The van der Waals surface area contributed by atoms with Crippen molar-refractivity contribution in [3.63, 3.8) is 0 Å². The van der Waals surface area contributed by atoms with E-state index in [1.165, 1.54) is 25.9 Å². The van der Waals surface area contributed by atoms with E-state index in [0.717, 1.165) is 43.7 Å². The topological polar surface area (TPSA) is 52.0 Å². The second-order valence-corrected chi connectivity index (χ2v) is 7.63. The largest absolute Gasteiger partial charge is 0.469 e. The first kappa shape index (κ1) is 18.3. The van der Waals surface area contributed by atoms with Gasteiger partial charge in [0.25, 0.3) is 0 Å². The number of likely N-dealkylation sites (N-methyl/N-ethyl adjacent to an activating group) is 2. The van der Waals surface area contributed by atoms with Gasteiger partial charge >= 0.3 is 6.03 Å². The van der Waals surface area contributed by atoms with Crippen molar-refractivity contribution < 1.29 is 9.21 Å². The highest BCUT2D eigenvalue weighted by atomic mass is 16.3. The number of likely N-dealkylation sites (tertiary alicyclic amines) is 1. The molecular formula is C19H32N4O2. The molecule has 1 atom stereocenters. The molecule has 0 spiro atoms. The molecule has 25 heavy (non-hydrogen) atoms. The van der Waals surface area contributed by atoms with Crippen LogP contribution in [0.5, 0.6) is 0 Å². The number of hydrogen-bond donors (Lipinski definition) is 1. The number of furan rings is 1. The van der Waals surface area contributed by atoms with Gasteiger partial charge in [-0.15, -0.1) is 0 Å². The number of urea groups is 1. The molecule has 2 amide bonds. The molecule has 1 aromatic rings. The number of piperidine rings is 1. The van der Waals surface area contributed by atoms with Gasteiger partial charge < -0.3 is 24.4 Å². The lowest BCUT2D eigenvalue weighted by Crippen LogP contribution is -2.46. The Bertz CT molecular complexity index is 566. The molecule has 6 heteroatoms. The summed E-state index contributed by atoms with van der Waals surface area (Å²) in [4.78, 5) is 19.1. The van der Waals surface area contributed by atoms with Gasteiger partial charge in [0.05, 0.1) is 12.3 Å². The Kier molecular flexibility index (Phi) is 6.02.